The maximum absolute atomic E-state index is 3.81. The van der Waals surface area contributed by atoms with Crippen LogP contribution in [0.1, 0.15) is 52.9 Å². The molecule has 2 rings (SSSR count). The summed E-state index contributed by atoms with van der Waals surface area (Å²) in [6.45, 7) is 14.6. The molecule has 1 N–H and O–H groups in total. The van der Waals surface area contributed by atoms with Gasteiger partial charge in [-0.2, -0.15) is 0 Å². The number of rotatable bonds is 6. The molecule has 0 aromatic carbocycles. The fraction of sp³-hybridized carbons (Fsp3) is 1.00. The van der Waals surface area contributed by atoms with Crippen molar-refractivity contribution >= 4 is 0 Å². The highest BCUT2D eigenvalue weighted by Gasteiger charge is 2.31. The molecule has 2 fully saturated rings. The Kier molecular flexibility index (Phi) is 6.51. The molecule has 0 amide bonds. The van der Waals surface area contributed by atoms with Gasteiger partial charge in [-0.1, -0.05) is 27.2 Å². The zero-order chi connectivity index (χ0) is 15.3. The van der Waals surface area contributed by atoms with Gasteiger partial charge >= 0.3 is 0 Å². The van der Waals surface area contributed by atoms with Gasteiger partial charge < -0.3 is 10.2 Å². The molecule has 2 aliphatic rings. The first kappa shape index (κ1) is 17.2. The maximum Gasteiger partial charge on any atom is 0.0110 e. The van der Waals surface area contributed by atoms with Crippen LogP contribution in [0.3, 0.4) is 0 Å². The van der Waals surface area contributed by atoms with Crippen molar-refractivity contribution in [3.8, 4) is 0 Å². The van der Waals surface area contributed by atoms with Crippen LogP contribution in [0.25, 0.3) is 0 Å². The Morgan fingerprint density at radius 2 is 1.62 bits per heavy atom. The maximum atomic E-state index is 3.81. The number of nitrogens with zero attached hydrogens (tertiary/aromatic N) is 2. The van der Waals surface area contributed by atoms with E-state index in [2.05, 4.69) is 42.9 Å². The number of likely N-dealkylation sites (N-methyl/N-ethyl adjacent to an activating group) is 1. The minimum atomic E-state index is 0.546. The highest BCUT2D eigenvalue weighted by Crippen LogP contribution is 2.40. The van der Waals surface area contributed by atoms with Gasteiger partial charge in [0.05, 0.1) is 0 Å². The molecule has 1 heterocycles. The molecule has 0 spiro atoms. The van der Waals surface area contributed by atoms with Crippen LogP contribution in [0.4, 0.5) is 0 Å². The monoisotopic (exact) mass is 295 g/mol. The summed E-state index contributed by atoms with van der Waals surface area (Å²) in [5.74, 6) is 0.943. The summed E-state index contributed by atoms with van der Waals surface area (Å²) in [5, 5.41) is 3.81. The Balaban J connectivity index is 1.59. The Morgan fingerprint density at radius 1 is 1.00 bits per heavy atom. The fourth-order valence-corrected chi connectivity index (χ4v) is 3.87. The number of piperazine rings is 1. The van der Waals surface area contributed by atoms with Crippen molar-refractivity contribution in [3.05, 3.63) is 0 Å². The van der Waals surface area contributed by atoms with Crippen molar-refractivity contribution in [2.45, 2.75) is 58.9 Å². The van der Waals surface area contributed by atoms with Crippen molar-refractivity contribution < 1.29 is 0 Å². The summed E-state index contributed by atoms with van der Waals surface area (Å²) in [6, 6.07) is 0.779. The molecule has 1 aliphatic heterocycles. The predicted molar refractivity (Wildman–Crippen MR) is 91.8 cm³/mol. The third kappa shape index (κ3) is 5.22. The molecule has 0 aromatic heterocycles. The van der Waals surface area contributed by atoms with Crippen LogP contribution in [0, 0.1) is 11.3 Å². The summed E-state index contributed by atoms with van der Waals surface area (Å²) < 4.78 is 0. The molecule has 1 aliphatic carbocycles. The van der Waals surface area contributed by atoms with Gasteiger partial charge in [0.25, 0.3) is 0 Å². The van der Waals surface area contributed by atoms with Crippen molar-refractivity contribution in [1.82, 2.24) is 15.1 Å². The summed E-state index contributed by atoms with van der Waals surface area (Å²) >= 11 is 0. The number of hydrogen-bond donors (Lipinski definition) is 1. The molecule has 1 saturated heterocycles. The van der Waals surface area contributed by atoms with E-state index in [-0.39, 0.29) is 0 Å². The first-order chi connectivity index (χ1) is 10.0. The van der Waals surface area contributed by atoms with Gasteiger partial charge in [0.1, 0.15) is 0 Å². The van der Waals surface area contributed by atoms with Gasteiger partial charge in [0, 0.05) is 45.3 Å². The van der Waals surface area contributed by atoms with Crippen LogP contribution in [-0.2, 0) is 0 Å². The lowest BCUT2D eigenvalue weighted by atomic mass is 9.69. The lowest BCUT2D eigenvalue weighted by Gasteiger charge is -2.39. The predicted octanol–water partition coefficient (Wildman–Crippen LogP) is 2.82. The second-order valence-electron chi connectivity index (χ2n) is 7.99. The lowest BCUT2D eigenvalue weighted by molar-refractivity contribution is 0.131. The molecule has 0 radical (unpaired) electrons. The molecule has 1 saturated carbocycles. The Morgan fingerprint density at radius 3 is 2.19 bits per heavy atom. The highest BCUT2D eigenvalue weighted by atomic mass is 15.2. The molecule has 0 aromatic rings. The minimum absolute atomic E-state index is 0.546. The molecular weight excluding hydrogens is 258 g/mol. The first-order valence-corrected chi connectivity index (χ1v) is 9.15. The third-order valence-electron chi connectivity index (χ3n) is 6.20. The first-order valence-electron chi connectivity index (χ1n) is 9.15. The summed E-state index contributed by atoms with van der Waals surface area (Å²) in [5.41, 5.74) is 0.546. The average Bonchev–Trinajstić information content (AvgIpc) is 2.50. The zero-order valence-corrected chi connectivity index (χ0v) is 14.8. The van der Waals surface area contributed by atoms with Crippen LogP contribution in [0.2, 0.25) is 0 Å². The van der Waals surface area contributed by atoms with Crippen LogP contribution < -0.4 is 5.32 Å². The van der Waals surface area contributed by atoms with Crippen LogP contribution in [0.15, 0.2) is 0 Å². The van der Waals surface area contributed by atoms with E-state index in [1.807, 2.05) is 0 Å². The second-order valence-corrected chi connectivity index (χ2v) is 7.99. The minimum Gasteiger partial charge on any atom is -0.313 e. The van der Waals surface area contributed by atoms with Gasteiger partial charge in [-0.05, 0) is 44.1 Å². The molecule has 0 bridgehead atoms. The topological polar surface area (TPSA) is 18.5 Å². The van der Waals surface area contributed by atoms with E-state index < -0.39 is 0 Å². The summed E-state index contributed by atoms with van der Waals surface area (Å²) in [7, 11) is 2.23. The van der Waals surface area contributed by atoms with Gasteiger partial charge in [-0.15, -0.1) is 0 Å². The molecule has 124 valence electrons. The standard InChI is InChI=1S/C18H37N3/c1-5-18(2,3)16-6-8-17(9-7-16)19-10-11-21-14-12-20(4)13-15-21/h16-17,19H,5-15H2,1-4H3. The van der Waals surface area contributed by atoms with Crippen LogP contribution in [-0.4, -0.2) is 62.2 Å². The van der Waals surface area contributed by atoms with Crippen molar-refractivity contribution in [2.75, 3.05) is 46.3 Å². The highest BCUT2D eigenvalue weighted by molar-refractivity contribution is 4.85. The molecule has 21 heavy (non-hydrogen) atoms. The van der Waals surface area contributed by atoms with Crippen molar-refractivity contribution in [3.63, 3.8) is 0 Å². The van der Waals surface area contributed by atoms with Gasteiger partial charge in [-0.25, -0.2) is 0 Å². The van der Waals surface area contributed by atoms with E-state index in [4.69, 9.17) is 0 Å². The Labute approximate surface area is 132 Å². The van der Waals surface area contributed by atoms with E-state index >= 15 is 0 Å². The SMILES string of the molecule is CCC(C)(C)C1CCC(NCCN2CCN(C)CC2)CC1. The normalized spacial score (nSPS) is 29.7. The Bertz CT molecular complexity index is 287. The van der Waals surface area contributed by atoms with E-state index in [9.17, 15) is 0 Å². The van der Waals surface area contributed by atoms with Crippen molar-refractivity contribution in [2.24, 2.45) is 11.3 Å². The quantitative estimate of drug-likeness (QED) is 0.813. The zero-order valence-electron chi connectivity index (χ0n) is 14.8. The molecular formula is C18H37N3. The van der Waals surface area contributed by atoms with Crippen LogP contribution >= 0.6 is 0 Å². The molecule has 3 nitrogen and oxygen atoms in total. The summed E-state index contributed by atoms with van der Waals surface area (Å²) in [6.07, 6.45) is 6.94. The Hall–Kier alpha value is -0.120. The number of nitrogens with one attached hydrogen (secondary N) is 1. The lowest BCUT2D eigenvalue weighted by Crippen LogP contribution is -2.47. The van der Waals surface area contributed by atoms with E-state index in [0.29, 0.717) is 5.41 Å². The smallest absolute Gasteiger partial charge is 0.0110 e. The number of hydrogen-bond acceptors (Lipinski definition) is 3. The second kappa shape index (κ2) is 7.94. The van der Waals surface area contributed by atoms with Gasteiger partial charge in [-0.3, -0.25) is 4.90 Å². The van der Waals surface area contributed by atoms with E-state index in [1.54, 1.807) is 0 Å². The van der Waals surface area contributed by atoms with E-state index in [0.717, 1.165) is 12.0 Å². The van der Waals surface area contributed by atoms with Gasteiger partial charge in [0.15, 0.2) is 0 Å². The third-order valence-corrected chi connectivity index (χ3v) is 6.20. The molecule has 0 unspecified atom stereocenters. The van der Waals surface area contributed by atoms with Gasteiger partial charge in [0.2, 0.25) is 0 Å². The molecule has 0 atom stereocenters. The molecule has 3 heteroatoms. The largest absolute Gasteiger partial charge is 0.313 e. The average molecular weight is 296 g/mol. The fourth-order valence-electron chi connectivity index (χ4n) is 3.87. The van der Waals surface area contributed by atoms with Crippen molar-refractivity contribution in [1.29, 1.82) is 0 Å². The van der Waals surface area contributed by atoms with E-state index in [1.165, 1.54) is 71.4 Å². The summed E-state index contributed by atoms with van der Waals surface area (Å²) in [4.78, 5) is 5.04. The van der Waals surface area contributed by atoms with Crippen LogP contribution in [0.5, 0.6) is 0 Å².